The predicted molar refractivity (Wildman–Crippen MR) is 75.8 cm³/mol. The van der Waals surface area contributed by atoms with Crippen molar-refractivity contribution >= 4 is 16.8 Å². The number of rotatable bonds is 4. The van der Waals surface area contributed by atoms with E-state index in [9.17, 15) is 9.18 Å². The third kappa shape index (κ3) is 4.49. The molecule has 0 saturated heterocycles. The molecular formula is C13H17FN4OS. The van der Waals surface area contributed by atoms with Gasteiger partial charge < -0.3 is 5.73 Å². The van der Waals surface area contributed by atoms with E-state index in [0.717, 1.165) is 6.07 Å². The highest BCUT2D eigenvalue weighted by atomic mass is 32.2. The van der Waals surface area contributed by atoms with Crippen molar-refractivity contribution in [2.45, 2.75) is 31.2 Å². The third-order valence-electron chi connectivity index (χ3n) is 2.52. The molecule has 1 aromatic carbocycles. The Labute approximate surface area is 120 Å². The summed E-state index contributed by atoms with van der Waals surface area (Å²) < 4.78 is 17.4. The van der Waals surface area contributed by atoms with Crippen molar-refractivity contribution in [1.29, 1.82) is 5.26 Å². The SMILES string of the molecule is CC(C)CC(N)C(=O)N=S(N)c1cc(C#N)ccc1F. The topological polar surface area (TPSA) is 105 Å². The summed E-state index contributed by atoms with van der Waals surface area (Å²) in [6.07, 6.45) is 0.486. The number of hydrogen-bond donors (Lipinski definition) is 2. The Kier molecular flexibility index (Phi) is 5.95. The van der Waals surface area contributed by atoms with Gasteiger partial charge >= 0.3 is 0 Å². The monoisotopic (exact) mass is 296 g/mol. The number of amides is 1. The van der Waals surface area contributed by atoms with Crippen LogP contribution in [0, 0.1) is 23.1 Å². The first-order valence-corrected chi connectivity index (χ1v) is 7.29. The van der Waals surface area contributed by atoms with Crippen molar-refractivity contribution in [2.24, 2.45) is 21.2 Å². The first-order valence-electron chi connectivity index (χ1n) is 6.04. The molecule has 0 aliphatic carbocycles. The molecule has 2 unspecified atom stereocenters. The van der Waals surface area contributed by atoms with E-state index in [-0.39, 0.29) is 16.4 Å². The van der Waals surface area contributed by atoms with Gasteiger partial charge in [-0.25, -0.2) is 4.39 Å². The largest absolute Gasteiger partial charge is 0.320 e. The molecule has 1 aromatic rings. The zero-order valence-electron chi connectivity index (χ0n) is 11.3. The second-order valence-corrected chi connectivity index (χ2v) is 5.99. The first-order chi connectivity index (χ1) is 9.35. The molecule has 0 spiro atoms. The molecule has 0 aliphatic heterocycles. The lowest BCUT2D eigenvalue weighted by atomic mass is 10.0. The Morgan fingerprint density at radius 3 is 2.75 bits per heavy atom. The van der Waals surface area contributed by atoms with Crippen molar-refractivity contribution in [1.82, 2.24) is 0 Å². The number of nitrogens with two attached hydrogens (primary N) is 2. The highest BCUT2D eigenvalue weighted by molar-refractivity contribution is 7.85. The van der Waals surface area contributed by atoms with E-state index in [1.165, 1.54) is 12.1 Å². The van der Waals surface area contributed by atoms with Crippen LogP contribution in [0.25, 0.3) is 0 Å². The van der Waals surface area contributed by atoms with Gasteiger partial charge in [0.15, 0.2) is 0 Å². The molecule has 7 heteroatoms. The molecule has 1 amide bonds. The average molecular weight is 296 g/mol. The van der Waals surface area contributed by atoms with Crippen molar-refractivity contribution < 1.29 is 9.18 Å². The molecule has 0 aliphatic rings. The highest BCUT2D eigenvalue weighted by Crippen LogP contribution is 2.14. The molecule has 0 bridgehead atoms. The van der Waals surface area contributed by atoms with Gasteiger partial charge in [0.05, 0.1) is 22.6 Å². The molecule has 20 heavy (non-hydrogen) atoms. The number of hydrogen-bond acceptors (Lipinski definition) is 3. The maximum absolute atomic E-state index is 13.6. The Morgan fingerprint density at radius 2 is 2.20 bits per heavy atom. The number of benzene rings is 1. The van der Waals surface area contributed by atoms with Crippen molar-refractivity contribution in [3.05, 3.63) is 29.6 Å². The van der Waals surface area contributed by atoms with Gasteiger partial charge in [0.2, 0.25) is 0 Å². The van der Waals surface area contributed by atoms with Crippen LogP contribution in [0.1, 0.15) is 25.8 Å². The summed E-state index contributed by atoms with van der Waals surface area (Å²) >= 11 is 0. The maximum atomic E-state index is 13.6. The van der Waals surface area contributed by atoms with Crippen molar-refractivity contribution in [3.8, 4) is 6.07 Å². The molecule has 0 heterocycles. The Hall–Kier alpha value is -1.62. The van der Waals surface area contributed by atoms with Crippen LogP contribution in [-0.4, -0.2) is 11.9 Å². The van der Waals surface area contributed by atoms with Crippen LogP contribution in [-0.2, 0) is 15.7 Å². The fraction of sp³-hybridized carbons (Fsp3) is 0.385. The lowest BCUT2D eigenvalue weighted by molar-refractivity contribution is -0.119. The van der Waals surface area contributed by atoms with Crippen LogP contribution in [0.2, 0.25) is 0 Å². The first kappa shape index (κ1) is 16.4. The highest BCUT2D eigenvalue weighted by Gasteiger charge is 2.16. The van der Waals surface area contributed by atoms with E-state index in [1.807, 2.05) is 19.9 Å². The van der Waals surface area contributed by atoms with Crippen molar-refractivity contribution in [3.63, 3.8) is 0 Å². The third-order valence-corrected chi connectivity index (χ3v) is 3.66. The fourth-order valence-electron chi connectivity index (χ4n) is 1.56. The molecule has 2 atom stereocenters. The Morgan fingerprint density at radius 1 is 1.55 bits per heavy atom. The number of nitrogens with zero attached hydrogens (tertiary/aromatic N) is 2. The van der Waals surface area contributed by atoms with E-state index in [0.29, 0.717) is 6.42 Å². The average Bonchev–Trinajstić information content (AvgIpc) is 2.38. The second-order valence-electron chi connectivity index (χ2n) is 4.74. The maximum Gasteiger partial charge on any atom is 0.269 e. The molecule has 0 fully saturated rings. The van der Waals surface area contributed by atoms with E-state index in [2.05, 4.69) is 4.36 Å². The summed E-state index contributed by atoms with van der Waals surface area (Å²) in [7, 11) is -1.45. The van der Waals surface area contributed by atoms with Crippen LogP contribution < -0.4 is 10.9 Å². The van der Waals surface area contributed by atoms with Crippen LogP contribution in [0.4, 0.5) is 4.39 Å². The minimum absolute atomic E-state index is 0.0362. The standard InChI is InChI=1S/C13H17FN4OS/c1-8(2)5-11(16)13(19)18-20(17)12-6-9(7-15)3-4-10(12)14/h3-4,6,8,11H,5,16H2,1-2H3,(H2,17,18,19). The van der Waals surface area contributed by atoms with Crippen LogP contribution in [0.3, 0.4) is 0 Å². The lowest BCUT2D eigenvalue weighted by Gasteiger charge is -2.11. The van der Waals surface area contributed by atoms with Gasteiger partial charge in [-0.3, -0.25) is 9.93 Å². The van der Waals surface area contributed by atoms with Gasteiger partial charge in [-0.15, -0.1) is 0 Å². The molecular weight excluding hydrogens is 279 g/mol. The molecule has 1 rings (SSSR count). The van der Waals surface area contributed by atoms with E-state index < -0.39 is 28.6 Å². The van der Waals surface area contributed by atoms with Crippen molar-refractivity contribution in [2.75, 3.05) is 0 Å². The summed E-state index contributed by atoms with van der Waals surface area (Å²) in [6, 6.07) is 4.91. The molecule has 5 nitrogen and oxygen atoms in total. The zero-order valence-corrected chi connectivity index (χ0v) is 12.2. The predicted octanol–water partition coefficient (Wildman–Crippen LogP) is 1.63. The fourth-order valence-corrected chi connectivity index (χ4v) is 2.50. The Balaban J connectivity index is 3.00. The molecule has 0 saturated carbocycles. The number of halogens is 1. The number of carbonyl (C=O) groups excluding carboxylic acids is 1. The smallest absolute Gasteiger partial charge is 0.269 e. The minimum Gasteiger partial charge on any atom is -0.320 e. The van der Waals surface area contributed by atoms with Gasteiger partial charge in [0.1, 0.15) is 5.82 Å². The van der Waals surface area contributed by atoms with Gasteiger partial charge in [-0.05, 0) is 30.5 Å². The quantitative estimate of drug-likeness (QED) is 0.880. The van der Waals surface area contributed by atoms with Gasteiger partial charge in [0, 0.05) is 10.9 Å². The number of nitriles is 1. The summed E-state index contributed by atoms with van der Waals surface area (Å²) in [5.41, 5.74) is 5.96. The van der Waals surface area contributed by atoms with Gasteiger partial charge in [-0.2, -0.15) is 9.62 Å². The van der Waals surface area contributed by atoms with E-state index in [1.54, 1.807) is 0 Å². The summed E-state index contributed by atoms with van der Waals surface area (Å²) in [6.45, 7) is 3.87. The van der Waals surface area contributed by atoms with Crippen LogP contribution in [0.15, 0.2) is 27.5 Å². The summed E-state index contributed by atoms with van der Waals surface area (Å²) in [5.74, 6) is -0.891. The minimum atomic E-state index is -1.45. The number of carbonyl (C=O) groups is 1. The normalized spacial score (nSPS) is 14.1. The summed E-state index contributed by atoms with van der Waals surface area (Å²) in [5, 5.41) is 14.5. The van der Waals surface area contributed by atoms with Gasteiger partial charge in [0.25, 0.3) is 5.91 Å². The van der Waals surface area contributed by atoms with Crippen LogP contribution in [0.5, 0.6) is 0 Å². The lowest BCUT2D eigenvalue weighted by Crippen LogP contribution is -2.31. The Bertz CT molecular complexity index is 580. The summed E-state index contributed by atoms with van der Waals surface area (Å²) in [4.78, 5) is 11.8. The van der Waals surface area contributed by atoms with Gasteiger partial charge in [-0.1, -0.05) is 13.8 Å². The zero-order chi connectivity index (χ0) is 15.3. The molecule has 0 aromatic heterocycles. The molecule has 0 radical (unpaired) electrons. The van der Waals surface area contributed by atoms with E-state index >= 15 is 0 Å². The van der Waals surface area contributed by atoms with E-state index in [4.69, 9.17) is 16.1 Å². The van der Waals surface area contributed by atoms with Crippen LogP contribution >= 0.6 is 0 Å². The second kappa shape index (κ2) is 7.24. The molecule has 4 N–H and O–H groups in total. The molecule has 108 valence electrons.